The van der Waals surface area contributed by atoms with Crippen molar-refractivity contribution in [3.8, 4) is 0 Å². The van der Waals surface area contributed by atoms with Crippen LogP contribution >= 0.6 is 15.9 Å². The fraction of sp³-hybridized carbons (Fsp3) is 1.00. The van der Waals surface area contributed by atoms with E-state index < -0.39 is 0 Å². The molecule has 2 unspecified atom stereocenters. The lowest BCUT2D eigenvalue weighted by molar-refractivity contribution is -0.0139. The molecule has 0 nitrogen and oxygen atoms in total. The number of halogens is 1. The minimum absolute atomic E-state index is 0.977. The Morgan fingerprint density at radius 2 is 1.08 bits per heavy atom. The van der Waals surface area contributed by atoms with Crippen LogP contribution in [-0.2, 0) is 0 Å². The van der Waals surface area contributed by atoms with Crippen LogP contribution in [0.3, 0.4) is 0 Å². The lowest BCUT2D eigenvalue weighted by Gasteiger charge is -2.51. The molecule has 1 rings (SSSR count). The lowest BCUT2D eigenvalue weighted by atomic mass is 9.55. The first kappa shape index (κ1) is 10.6. The molecule has 0 spiro atoms. The van der Waals surface area contributed by atoms with Gasteiger partial charge in [0.25, 0.3) is 0 Å². The normalized spacial score (nSPS) is 41.0. The molecular formula is C11H21Br. The molecule has 1 heteroatoms. The average Bonchev–Trinajstić information content (AvgIpc) is 2.05. The van der Waals surface area contributed by atoms with Gasteiger partial charge in [-0.25, -0.2) is 0 Å². The Bertz CT molecular complexity index is 93.0. The van der Waals surface area contributed by atoms with Crippen LogP contribution in [0.2, 0.25) is 0 Å². The monoisotopic (exact) mass is 232 g/mol. The molecule has 1 aliphatic rings. The van der Waals surface area contributed by atoms with Crippen LogP contribution in [0.25, 0.3) is 0 Å². The second-order valence-corrected chi connectivity index (χ2v) is 4.68. The Labute approximate surface area is 85.3 Å². The topological polar surface area (TPSA) is 0 Å². The van der Waals surface area contributed by atoms with Crippen LogP contribution in [-0.4, -0.2) is 5.33 Å². The summed E-state index contributed by atoms with van der Waals surface area (Å²) in [5, 5.41) is 1.22. The van der Waals surface area contributed by atoms with Gasteiger partial charge in [0, 0.05) is 5.33 Å². The highest BCUT2D eigenvalue weighted by atomic mass is 79.9. The van der Waals surface area contributed by atoms with E-state index in [1.807, 2.05) is 0 Å². The Kier molecular flexibility index (Phi) is 4.09. The van der Waals surface area contributed by atoms with E-state index in [2.05, 4.69) is 36.7 Å². The Hall–Kier alpha value is 0.480. The molecule has 0 radical (unpaired) electrons. The highest BCUT2D eigenvalue weighted by molar-refractivity contribution is 9.09. The molecule has 1 aliphatic carbocycles. The van der Waals surface area contributed by atoms with Gasteiger partial charge in [-0.05, 0) is 23.7 Å². The van der Waals surface area contributed by atoms with Crippen molar-refractivity contribution < 1.29 is 0 Å². The van der Waals surface area contributed by atoms with Gasteiger partial charge in [0.1, 0.15) is 0 Å². The van der Waals surface area contributed by atoms with E-state index in [0.717, 1.165) is 23.7 Å². The zero-order valence-electron chi connectivity index (χ0n) is 8.52. The molecule has 0 aliphatic heterocycles. The molecule has 0 aromatic carbocycles. The standard InChI is InChI=1S/C11H21Br/c1-4-8-9(5-2)11(7-12)10(8)6-3/h8-11H,4-7H2,1-3H3. The maximum atomic E-state index is 3.65. The van der Waals surface area contributed by atoms with E-state index >= 15 is 0 Å². The molecule has 0 N–H and O–H groups in total. The summed E-state index contributed by atoms with van der Waals surface area (Å²) >= 11 is 3.65. The summed E-state index contributed by atoms with van der Waals surface area (Å²) in [6, 6.07) is 0. The van der Waals surface area contributed by atoms with E-state index in [1.165, 1.54) is 24.6 Å². The number of rotatable bonds is 4. The molecule has 0 amide bonds. The summed E-state index contributed by atoms with van der Waals surface area (Å²) in [6.07, 6.45) is 4.15. The zero-order valence-corrected chi connectivity index (χ0v) is 10.1. The van der Waals surface area contributed by atoms with E-state index in [9.17, 15) is 0 Å². The van der Waals surface area contributed by atoms with Crippen LogP contribution < -0.4 is 0 Å². The minimum atomic E-state index is 0.977. The van der Waals surface area contributed by atoms with Crippen molar-refractivity contribution in [3.63, 3.8) is 0 Å². The zero-order chi connectivity index (χ0) is 9.14. The summed E-state index contributed by atoms with van der Waals surface area (Å²) in [4.78, 5) is 0. The molecule has 0 aromatic heterocycles. The summed E-state index contributed by atoms with van der Waals surface area (Å²) < 4.78 is 0. The van der Waals surface area contributed by atoms with Crippen molar-refractivity contribution in [1.82, 2.24) is 0 Å². The molecule has 1 fully saturated rings. The van der Waals surface area contributed by atoms with Crippen LogP contribution in [0.1, 0.15) is 40.0 Å². The van der Waals surface area contributed by atoms with E-state index in [-0.39, 0.29) is 0 Å². The molecule has 0 bridgehead atoms. The first-order valence-electron chi connectivity index (χ1n) is 5.35. The molecule has 1 saturated carbocycles. The summed E-state index contributed by atoms with van der Waals surface area (Å²) in [7, 11) is 0. The van der Waals surface area contributed by atoms with Gasteiger partial charge in [-0.2, -0.15) is 0 Å². The number of alkyl halides is 1. The van der Waals surface area contributed by atoms with Crippen molar-refractivity contribution in [2.75, 3.05) is 5.33 Å². The first-order valence-corrected chi connectivity index (χ1v) is 6.48. The molecular weight excluding hydrogens is 212 g/mol. The molecule has 0 saturated heterocycles. The van der Waals surface area contributed by atoms with Gasteiger partial charge in [0.2, 0.25) is 0 Å². The van der Waals surface area contributed by atoms with E-state index in [1.54, 1.807) is 0 Å². The predicted molar refractivity (Wildman–Crippen MR) is 58.6 cm³/mol. The van der Waals surface area contributed by atoms with Crippen molar-refractivity contribution in [3.05, 3.63) is 0 Å². The third-order valence-electron chi connectivity index (χ3n) is 3.79. The predicted octanol–water partition coefficient (Wildman–Crippen LogP) is 4.09. The van der Waals surface area contributed by atoms with Crippen LogP contribution in [0.4, 0.5) is 0 Å². The second kappa shape index (κ2) is 4.64. The van der Waals surface area contributed by atoms with Crippen molar-refractivity contribution in [1.29, 1.82) is 0 Å². The largest absolute Gasteiger partial charge is 0.0925 e. The van der Waals surface area contributed by atoms with Gasteiger partial charge in [-0.3, -0.25) is 0 Å². The van der Waals surface area contributed by atoms with Gasteiger partial charge >= 0.3 is 0 Å². The lowest BCUT2D eigenvalue weighted by Crippen LogP contribution is -2.46. The minimum Gasteiger partial charge on any atom is -0.0925 e. The van der Waals surface area contributed by atoms with Gasteiger partial charge in [0.05, 0.1) is 0 Å². The summed E-state index contributed by atoms with van der Waals surface area (Å²) in [5.41, 5.74) is 0. The Morgan fingerprint density at radius 1 is 0.750 bits per heavy atom. The molecule has 12 heavy (non-hydrogen) atoms. The molecule has 2 atom stereocenters. The Balaban J connectivity index is 2.52. The third-order valence-corrected chi connectivity index (χ3v) is 4.54. The maximum Gasteiger partial charge on any atom is 0.00651 e. The number of hydrogen-bond acceptors (Lipinski definition) is 0. The summed E-state index contributed by atoms with van der Waals surface area (Å²) in [5.74, 6) is 4.03. The highest BCUT2D eigenvalue weighted by Gasteiger charge is 2.45. The van der Waals surface area contributed by atoms with E-state index in [0.29, 0.717) is 0 Å². The van der Waals surface area contributed by atoms with Gasteiger partial charge in [-0.15, -0.1) is 0 Å². The molecule has 0 aromatic rings. The van der Waals surface area contributed by atoms with Gasteiger partial charge < -0.3 is 0 Å². The average molecular weight is 233 g/mol. The fourth-order valence-electron chi connectivity index (χ4n) is 3.17. The van der Waals surface area contributed by atoms with Crippen LogP contribution in [0, 0.1) is 23.7 Å². The van der Waals surface area contributed by atoms with Crippen LogP contribution in [0.15, 0.2) is 0 Å². The first-order chi connectivity index (χ1) is 5.79. The van der Waals surface area contributed by atoms with Crippen molar-refractivity contribution in [2.24, 2.45) is 23.7 Å². The quantitative estimate of drug-likeness (QED) is 0.641. The SMILES string of the molecule is CCC1C(CC)C(CBr)C1CC. The Morgan fingerprint density at radius 3 is 1.33 bits per heavy atom. The van der Waals surface area contributed by atoms with Crippen molar-refractivity contribution >= 4 is 15.9 Å². The maximum absolute atomic E-state index is 3.65. The fourth-order valence-corrected chi connectivity index (χ4v) is 4.13. The number of hydrogen-bond donors (Lipinski definition) is 0. The highest BCUT2D eigenvalue weighted by Crippen LogP contribution is 2.51. The molecule has 0 heterocycles. The second-order valence-electron chi connectivity index (χ2n) is 4.03. The third kappa shape index (κ3) is 1.57. The summed E-state index contributed by atoms with van der Waals surface area (Å²) in [6.45, 7) is 7.03. The smallest absolute Gasteiger partial charge is 0.00651 e. The van der Waals surface area contributed by atoms with Crippen molar-refractivity contribution in [2.45, 2.75) is 40.0 Å². The van der Waals surface area contributed by atoms with Crippen LogP contribution in [0.5, 0.6) is 0 Å². The van der Waals surface area contributed by atoms with E-state index in [4.69, 9.17) is 0 Å². The molecule has 72 valence electrons. The van der Waals surface area contributed by atoms with Gasteiger partial charge in [-0.1, -0.05) is 56.0 Å². The van der Waals surface area contributed by atoms with Gasteiger partial charge in [0.15, 0.2) is 0 Å².